The minimum absolute atomic E-state index is 0.00779. The van der Waals surface area contributed by atoms with Crippen LogP contribution in [0.15, 0.2) is 35.5 Å². The number of aromatic nitrogens is 3. The van der Waals surface area contributed by atoms with Crippen LogP contribution in [0, 0.1) is 6.92 Å². The molecule has 0 aliphatic heterocycles. The lowest BCUT2D eigenvalue weighted by Crippen LogP contribution is -2.17. The van der Waals surface area contributed by atoms with Crippen molar-refractivity contribution in [3.05, 3.63) is 52.2 Å². The standard InChI is InChI=1S/C24H28N4O6S2/c1-6-32-22(30)18-14(3)19(23(31)33-7-2)36-21(18)25-17(29)13-35-24-27-26-20(28(24)5)15(4)34-16-11-9-8-10-12-16/h8-12,15H,6-7,13H2,1-5H3,(H,25,29). The number of hydrogen-bond acceptors (Lipinski definition) is 10. The summed E-state index contributed by atoms with van der Waals surface area (Å²) in [6.07, 6.45) is -0.351. The molecule has 1 atom stereocenters. The zero-order valence-electron chi connectivity index (χ0n) is 20.7. The first-order chi connectivity index (χ1) is 17.3. The normalized spacial score (nSPS) is 11.6. The van der Waals surface area contributed by atoms with Gasteiger partial charge < -0.3 is 24.1 Å². The molecule has 2 aromatic heterocycles. The Kier molecular flexibility index (Phi) is 9.48. The predicted molar refractivity (Wildman–Crippen MR) is 137 cm³/mol. The number of carbonyl (C=O) groups is 3. The fourth-order valence-corrected chi connectivity index (χ4v) is 5.12. The van der Waals surface area contributed by atoms with E-state index in [1.165, 1.54) is 11.8 Å². The van der Waals surface area contributed by atoms with Crippen LogP contribution in [0.1, 0.15) is 58.3 Å². The van der Waals surface area contributed by atoms with Gasteiger partial charge in [0.2, 0.25) is 5.91 Å². The Balaban J connectivity index is 1.69. The maximum Gasteiger partial charge on any atom is 0.348 e. The minimum atomic E-state index is -0.616. The number of esters is 2. The Labute approximate surface area is 217 Å². The molecule has 0 aliphatic rings. The van der Waals surface area contributed by atoms with Gasteiger partial charge in [0.1, 0.15) is 15.6 Å². The van der Waals surface area contributed by atoms with Gasteiger partial charge >= 0.3 is 11.9 Å². The van der Waals surface area contributed by atoms with E-state index < -0.39 is 11.9 Å². The van der Waals surface area contributed by atoms with E-state index in [1.54, 1.807) is 32.4 Å². The molecule has 36 heavy (non-hydrogen) atoms. The Bertz CT molecular complexity index is 1220. The lowest BCUT2D eigenvalue weighted by Gasteiger charge is -2.14. The number of ether oxygens (including phenoxy) is 3. The number of thiophene rings is 1. The summed E-state index contributed by atoms with van der Waals surface area (Å²) in [6, 6.07) is 9.39. The summed E-state index contributed by atoms with van der Waals surface area (Å²) >= 11 is 2.17. The van der Waals surface area contributed by atoms with Gasteiger partial charge in [0.05, 0.1) is 24.5 Å². The summed E-state index contributed by atoms with van der Waals surface area (Å²) in [7, 11) is 1.80. The average Bonchev–Trinajstić information content (AvgIpc) is 3.37. The third kappa shape index (κ3) is 6.43. The van der Waals surface area contributed by atoms with E-state index in [1.807, 2.05) is 37.3 Å². The molecule has 0 spiro atoms. The topological polar surface area (TPSA) is 122 Å². The van der Waals surface area contributed by atoms with Crippen LogP contribution in [0.2, 0.25) is 0 Å². The second-order valence-corrected chi connectivity index (χ2v) is 9.47. The van der Waals surface area contributed by atoms with Crippen molar-refractivity contribution < 1.29 is 28.6 Å². The zero-order chi connectivity index (χ0) is 26.2. The summed E-state index contributed by atoms with van der Waals surface area (Å²) in [6.45, 7) is 7.22. The Morgan fingerprint density at radius 1 is 1.08 bits per heavy atom. The van der Waals surface area contributed by atoms with Gasteiger partial charge in [-0.3, -0.25) is 4.79 Å². The second kappa shape index (κ2) is 12.5. The number of nitrogens with zero attached hydrogens (tertiary/aromatic N) is 3. The van der Waals surface area contributed by atoms with Crippen LogP contribution in [0.3, 0.4) is 0 Å². The number of para-hydroxylation sites is 1. The molecule has 3 aromatic rings. The number of hydrogen-bond donors (Lipinski definition) is 1. The molecule has 0 saturated carbocycles. The summed E-state index contributed by atoms with van der Waals surface area (Å²) in [5.41, 5.74) is 0.557. The second-order valence-electron chi connectivity index (χ2n) is 7.51. The van der Waals surface area contributed by atoms with Crippen molar-refractivity contribution in [3.63, 3.8) is 0 Å². The van der Waals surface area contributed by atoms with Gasteiger partial charge in [0.15, 0.2) is 17.1 Å². The molecule has 192 valence electrons. The number of benzene rings is 1. The highest BCUT2D eigenvalue weighted by Gasteiger charge is 2.27. The zero-order valence-corrected chi connectivity index (χ0v) is 22.3. The highest BCUT2D eigenvalue weighted by atomic mass is 32.2. The lowest BCUT2D eigenvalue weighted by molar-refractivity contribution is -0.113. The van der Waals surface area contributed by atoms with Crippen LogP contribution in [-0.2, 0) is 21.3 Å². The van der Waals surface area contributed by atoms with E-state index >= 15 is 0 Å². The highest BCUT2D eigenvalue weighted by Crippen LogP contribution is 2.34. The van der Waals surface area contributed by atoms with Crippen LogP contribution in [0.25, 0.3) is 0 Å². The average molecular weight is 533 g/mol. The van der Waals surface area contributed by atoms with Crippen molar-refractivity contribution >= 4 is 45.9 Å². The summed E-state index contributed by atoms with van der Waals surface area (Å²) < 4.78 is 17.9. The number of rotatable bonds is 11. The summed E-state index contributed by atoms with van der Waals surface area (Å²) in [5, 5.41) is 11.9. The molecule has 10 nitrogen and oxygen atoms in total. The number of amides is 1. The molecular formula is C24H28N4O6S2. The van der Waals surface area contributed by atoms with E-state index in [0.717, 1.165) is 11.3 Å². The van der Waals surface area contributed by atoms with E-state index in [-0.39, 0.29) is 46.4 Å². The SMILES string of the molecule is CCOC(=O)c1sc(NC(=O)CSc2nnc(C(C)Oc3ccccc3)n2C)c(C(=O)OCC)c1C. The summed E-state index contributed by atoms with van der Waals surface area (Å²) in [5.74, 6) is -0.213. The molecule has 1 amide bonds. The van der Waals surface area contributed by atoms with Gasteiger partial charge in [-0.25, -0.2) is 9.59 Å². The van der Waals surface area contributed by atoms with Gasteiger partial charge in [-0.15, -0.1) is 21.5 Å². The van der Waals surface area contributed by atoms with Crippen molar-refractivity contribution in [1.29, 1.82) is 0 Å². The number of carbonyl (C=O) groups excluding carboxylic acids is 3. The molecule has 0 saturated heterocycles. The monoisotopic (exact) mass is 532 g/mol. The summed E-state index contributed by atoms with van der Waals surface area (Å²) in [4.78, 5) is 37.8. The van der Waals surface area contributed by atoms with Gasteiger partial charge in [-0.1, -0.05) is 30.0 Å². The first kappa shape index (κ1) is 27.2. The molecule has 12 heteroatoms. The maximum absolute atomic E-state index is 12.8. The molecule has 3 rings (SSSR count). The van der Waals surface area contributed by atoms with Crippen LogP contribution in [-0.4, -0.2) is 51.6 Å². The number of thioether (sulfide) groups is 1. The Hall–Kier alpha value is -3.38. The molecule has 1 N–H and O–H groups in total. The third-order valence-electron chi connectivity index (χ3n) is 4.96. The number of nitrogens with one attached hydrogen (secondary N) is 1. The Morgan fingerprint density at radius 2 is 1.75 bits per heavy atom. The third-order valence-corrected chi connectivity index (χ3v) is 7.17. The molecule has 0 fully saturated rings. The first-order valence-electron chi connectivity index (χ1n) is 11.3. The van der Waals surface area contributed by atoms with E-state index in [0.29, 0.717) is 22.3 Å². The van der Waals surface area contributed by atoms with Gasteiger partial charge in [-0.2, -0.15) is 0 Å². The molecule has 0 radical (unpaired) electrons. The predicted octanol–water partition coefficient (Wildman–Crippen LogP) is 4.41. The van der Waals surface area contributed by atoms with Crippen molar-refractivity contribution in [2.45, 2.75) is 39.0 Å². The quantitative estimate of drug-likeness (QED) is 0.283. The molecule has 0 bridgehead atoms. The van der Waals surface area contributed by atoms with Crippen molar-refractivity contribution in [2.24, 2.45) is 7.05 Å². The van der Waals surface area contributed by atoms with Crippen molar-refractivity contribution in [1.82, 2.24) is 14.8 Å². The van der Waals surface area contributed by atoms with E-state index in [9.17, 15) is 14.4 Å². The largest absolute Gasteiger partial charge is 0.483 e. The fraction of sp³-hybridized carbons (Fsp3) is 0.375. The fourth-order valence-electron chi connectivity index (χ4n) is 3.30. The smallest absolute Gasteiger partial charge is 0.348 e. The van der Waals surface area contributed by atoms with Crippen molar-refractivity contribution in [3.8, 4) is 5.75 Å². The van der Waals surface area contributed by atoms with Crippen LogP contribution in [0.4, 0.5) is 5.00 Å². The molecule has 2 heterocycles. The minimum Gasteiger partial charge on any atom is -0.483 e. The van der Waals surface area contributed by atoms with Gasteiger partial charge in [-0.05, 0) is 45.4 Å². The lowest BCUT2D eigenvalue weighted by atomic mass is 10.1. The van der Waals surface area contributed by atoms with E-state index in [4.69, 9.17) is 14.2 Å². The van der Waals surface area contributed by atoms with Crippen LogP contribution in [0.5, 0.6) is 5.75 Å². The Morgan fingerprint density at radius 3 is 2.42 bits per heavy atom. The highest BCUT2D eigenvalue weighted by molar-refractivity contribution is 7.99. The van der Waals surface area contributed by atoms with E-state index in [2.05, 4.69) is 15.5 Å². The van der Waals surface area contributed by atoms with Gasteiger partial charge in [0, 0.05) is 7.05 Å². The van der Waals surface area contributed by atoms with Crippen LogP contribution < -0.4 is 10.1 Å². The maximum atomic E-state index is 12.8. The molecular weight excluding hydrogens is 504 g/mol. The van der Waals surface area contributed by atoms with Crippen molar-refractivity contribution in [2.75, 3.05) is 24.3 Å². The van der Waals surface area contributed by atoms with Gasteiger partial charge in [0.25, 0.3) is 0 Å². The number of anilines is 1. The molecule has 0 aliphatic carbocycles. The molecule has 1 aromatic carbocycles. The first-order valence-corrected chi connectivity index (χ1v) is 13.1. The molecule has 1 unspecified atom stereocenters. The van der Waals surface area contributed by atoms with Crippen LogP contribution >= 0.6 is 23.1 Å².